The number of carbonyl (C=O) groups excluding carboxylic acids is 1. The van der Waals surface area contributed by atoms with Gasteiger partial charge >= 0.3 is 6.03 Å². The average Bonchev–Trinajstić information content (AvgIpc) is 2.87. The molecule has 0 spiro atoms. The first-order valence-corrected chi connectivity index (χ1v) is 8.14. The second-order valence-electron chi connectivity index (χ2n) is 5.36. The summed E-state index contributed by atoms with van der Waals surface area (Å²) in [4.78, 5) is 14.3. The Morgan fingerprint density at radius 1 is 1.40 bits per heavy atom. The monoisotopic (exact) mass is 296 g/mol. The summed E-state index contributed by atoms with van der Waals surface area (Å²) >= 11 is 1.71. The molecule has 1 atom stereocenters. The van der Waals surface area contributed by atoms with Gasteiger partial charge in [-0.25, -0.2) is 4.79 Å². The van der Waals surface area contributed by atoms with E-state index in [0.717, 1.165) is 17.7 Å². The Balaban J connectivity index is 1.76. The molecule has 1 aromatic rings. The number of urea groups is 1. The molecule has 1 saturated carbocycles. The maximum Gasteiger partial charge on any atom is 0.315 e. The van der Waals surface area contributed by atoms with Crippen LogP contribution in [0.4, 0.5) is 4.79 Å². The second kappa shape index (κ2) is 7.64. The summed E-state index contributed by atoms with van der Waals surface area (Å²) in [5.74, 6) is 0. The summed E-state index contributed by atoms with van der Waals surface area (Å²) < 4.78 is 5.46. The lowest BCUT2D eigenvalue weighted by Crippen LogP contribution is -2.44. The van der Waals surface area contributed by atoms with Crippen molar-refractivity contribution in [1.82, 2.24) is 10.6 Å². The minimum absolute atomic E-state index is 0.0641. The first-order chi connectivity index (χ1) is 9.69. The Labute approximate surface area is 124 Å². The van der Waals surface area contributed by atoms with E-state index >= 15 is 0 Å². The summed E-state index contributed by atoms with van der Waals surface area (Å²) in [5, 5.41) is 5.97. The second-order valence-corrected chi connectivity index (χ2v) is 6.68. The maximum absolute atomic E-state index is 11.9. The number of nitrogens with one attached hydrogen (secondary N) is 2. The van der Waals surface area contributed by atoms with Gasteiger partial charge in [-0.05, 0) is 31.9 Å². The van der Waals surface area contributed by atoms with E-state index in [9.17, 15) is 4.79 Å². The molecule has 1 heterocycles. The summed E-state index contributed by atoms with van der Waals surface area (Å²) in [6.45, 7) is 2.58. The Bertz CT molecular complexity index is 427. The number of rotatable bonds is 5. The van der Waals surface area contributed by atoms with Gasteiger partial charge in [0.15, 0.2) is 0 Å². The van der Waals surface area contributed by atoms with Gasteiger partial charge in [0.2, 0.25) is 0 Å². The lowest BCUT2D eigenvalue weighted by molar-refractivity contribution is 0.106. The predicted octanol–water partition coefficient (Wildman–Crippen LogP) is 3.38. The van der Waals surface area contributed by atoms with Crippen LogP contribution in [0.3, 0.4) is 0 Å². The molecule has 2 amide bonds. The van der Waals surface area contributed by atoms with Crippen LogP contribution in [0.25, 0.3) is 0 Å². The molecular formula is C15H24N2O2S. The van der Waals surface area contributed by atoms with Crippen molar-refractivity contribution in [2.75, 3.05) is 13.7 Å². The molecule has 1 aliphatic carbocycles. The van der Waals surface area contributed by atoms with E-state index in [1.54, 1.807) is 18.4 Å². The molecule has 112 valence electrons. The molecule has 0 saturated heterocycles. The topological polar surface area (TPSA) is 50.4 Å². The lowest BCUT2D eigenvalue weighted by atomic mass is 9.96. The van der Waals surface area contributed by atoms with Crippen LogP contribution >= 0.6 is 11.3 Å². The Hall–Kier alpha value is -1.07. The van der Waals surface area contributed by atoms with Crippen LogP contribution in [0.1, 0.15) is 48.0 Å². The molecular weight excluding hydrogens is 272 g/mol. The van der Waals surface area contributed by atoms with Gasteiger partial charge < -0.3 is 15.4 Å². The first-order valence-electron chi connectivity index (χ1n) is 7.32. The zero-order valence-corrected chi connectivity index (χ0v) is 13.1. The predicted molar refractivity (Wildman–Crippen MR) is 82.2 cm³/mol. The van der Waals surface area contributed by atoms with Crippen molar-refractivity contribution in [2.45, 2.75) is 51.2 Å². The van der Waals surface area contributed by atoms with E-state index in [4.69, 9.17) is 4.74 Å². The highest BCUT2D eigenvalue weighted by molar-refractivity contribution is 7.12. The number of hydrogen-bond acceptors (Lipinski definition) is 3. The number of carbonyl (C=O) groups is 1. The van der Waals surface area contributed by atoms with Gasteiger partial charge in [-0.2, -0.15) is 0 Å². The van der Waals surface area contributed by atoms with Gasteiger partial charge in [0.05, 0.1) is 6.54 Å². The molecule has 1 aliphatic rings. The third-order valence-electron chi connectivity index (χ3n) is 3.75. The van der Waals surface area contributed by atoms with Crippen LogP contribution in [0, 0.1) is 6.92 Å². The van der Waals surface area contributed by atoms with E-state index in [1.165, 1.54) is 24.1 Å². The lowest BCUT2D eigenvalue weighted by Gasteiger charge is -2.23. The molecule has 5 heteroatoms. The van der Waals surface area contributed by atoms with Gasteiger partial charge in [0.1, 0.15) is 6.10 Å². The van der Waals surface area contributed by atoms with Crippen molar-refractivity contribution in [3.8, 4) is 0 Å². The first kappa shape index (κ1) is 15.3. The van der Waals surface area contributed by atoms with Crippen LogP contribution in [-0.4, -0.2) is 25.7 Å². The van der Waals surface area contributed by atoms with Crippen LogP contribution in [0.15, 0.2) is 12.1 Å². The number of aryl methyl sites for hydroxylation is 1. The van der Waals surface area contributed by atoms with Crippen molar-refractivity contribution in [3.63, 3.8) is 0 Å². The highest BCUT2D eigenvalue weighted by Gasteiger charge is 2.17. The molecule has 0 aromatic carbocycles. The standard InChI is InChI=1S/C15H24N2O2S/c1-11-8-9-14(20-11)13(19-2)10-16-15(18)17-12-6-4-3-5-7-12/h8-9,12-13H,3-7,10H2,1-2H3,(H2,16,17,18). The summed E-state index contributed by atoms with van der Waals surface area (Å²) in [6, 6.07) is 4.41. The number of amides is 2. The van der Waals surface area contributed by atoms with Crippen LogP contribution in [0.5, 0.6) is 0 Å². The fourth-order valence-corrected chi connectivity index (χ4v) is 3.55. The zero-order chi connectivity index (χ0) is 14.4. The molecule has 20 heavy (non-hydrogen) atoms. The quantitative estimate of drug-likeness (QED) is 0.875. The van der Waals surface area contributed by atoms with Crippen molar-refractivity contribution < 1.29 is 9.53 Å². The van der Waals surface area contributed by atoms with Crippen LogP contribution in [-0.2, 0) is 4.74 Å². The number of ether oxygens (including phenoxy) is 1. The summed E-state index contributed by atoms with van der Waals surface area (Å²) in [6.07, 6.45) is 5.88. The van der Waals surface area contributed by atoms with Gasteiger partial charge in [-0.1, -0.05) is 19.3 Å². The number of thiophene rings is 1. The van der Waals surface area contributed by atoms with E-state index < -0.39 is 0 Å². The van der Waals surface area contributed by atoms with E-state index in [-0.39, 0.29) is 12.1 Å². The SMILES string of the molecule is COC(CNC(=O)NC1CCCCC1)c1ccc(C)s1. The van der Waals surface area contributed by atoms with Crippen molar-refractivity contribution >= 4 is 17.4 Å². The third kappa shape index (κ3) is 4.49. The van der Waals surface area contributed by atoms with Crippen molar-refractivity contribution in [3.05, 3.63) is 21.9 Å². The minimum atomic E-state index is -0.0766. The van der Waals surface area contributed by atoms with Crippen molar-refractivity contribution in [2.24, 2.45) is 0 Å². The molecule has 1 unspecified atom stereocenters. The van der Waals surface area contributed by atoms with Gasteiger partial charge in [-0.15, -0.1) is 11.3 Å². The number of hydrogen-bond donors (Lipinski definition) is 2. The van der Waals surface area contributed by atoms with Crippen molar-refractivity contribution in [1.29, 1.82) is 0 Å². The highest BCUT2D eigenvalue weighted by atomic mass is 32.1. The van der Waals surface area contributed by atoms with E-state index in [0.29, 0.717) is 12.6 Å². The average molecular weight is 296 g/mol. The molecule has 0 aliphatic heterocycles. The summed E-state index contributed by atoms with van der Waals surface area (Å²) in [7, 11) is 1.68. The fraction of sp³-hybridized carbons (Fsp3) is 0.667. The number of methoxy groups -OCH3 is 1. The molecule has 4 nitrogen and oxygen atoms in total. The molecule has 2 N–H and O–H groups in total. The molecule has 1 fully saturated rings. The molecule has 2 rings (SSSR count). The molecule has 0 radical (unpaired) electrons. The third-order valence-corrected chi connectivity index (χ3v) is 4.84. The van der Waals surface area contributed by atoms with Gasteiger partial charge in [0.25, 0.3) is 0 Å². The van der Waals surface area contributed by atoms with E-state index in [1.807, 2.05) is 0 Å². The van der Waals surface area contributed by atoms with E-state index in [2.05, 4.69) is 29.7 Å². The minimum Gasteiger partial charge on any atom is -0.374 e. The largest absolute Gasteiger partial charge is 0.374 e. The summed E-state index contributed by atoms with van der Waals surface area (Å²) in [5.41, 5.74) is 0. The zero-order valence-electron chi connectivity index (χ0n) is 12.3. The van der Waals surface area contributed by atoms with Gasteiger partial charge in [0, 0.05) is 22.9 Å². The molecule has 1 aromatic heterocycles. The van der Waals surface area contributed by atoms with Crippen LogP contribution in [0.2, 0.25) is 0 Å². The smallest absolute Gasteiger partial charge is 0.315 e. The Morgan fingerprint density at radius 3 is 2.75 bits per heavy atom. The van der Waals surface area contributed by atoms with Gasteiger partial charge in [-0.3, -0.25) is 0 Å². The highest BCUT2D eigenvalue weighted by Crippen LogP contribution is 2.24. The maximum atomic E-state index is 11.9. The Kier molecular flexibility index (Phi) is 5.86. The normalized spacial score (nSPS) is 17.7. The van der Waals surface area contributed by atoms with Crippen LogP contribution < -0.4 is 10.6 Å². The fourth-order valence-electron chi connectivity index (χ4n) is 2.60. The Morgan fingerprint density at radius 2 is 2.15 bits per heavy atom. The molecule has 0 bridgehead atoms.